The van der Waals surface area contributed by atoms with Gasteiger partial charge in [0.05, 0.1) is 7.11 Å². The maximum absolute atomic E-state index is 13.5. The van der Waals surface area contributed by atoms with Crippen molar-refractivity contribution < 1.29 is 23.5 Å². The number of hydrogen-bond acceptors (Lipinski definition) is 4. The molecule has 1 heterocycles. The molecule has 5 nitrogen and oxygen atoms in total. The molecule has 98 valence electrons. The van der Waals surface area contributed by atoms with E-state index in [1.807, 2.05) is 0 Å². The molecule has 0 saturated carbocycles. The molecular weight excluding hydrogens is 229 g/mol. The molecule has 0 bridgehead atoms. The third kappa shape index (κ3) is 3.31. The van der Waals surface area contributed by atoms with Gasteiger partial charge >= 0.3 is 12.1 Å². The van der Waals surface area contributed by atoms with E-state index in [4.69, 9.17) is 4.74 Å². The van der Waals surface area contributed by atoms with Crippen molar-refractivity contribution in [2.24, 2.45) is 0 Å². The molecule has 6 heteroatoms. The van der Waals surface area contributed by atoms with Crippen molar-refractivity contribution in [2.75, 3.05) is 13.7 Å². The van der Waals surface area contributed by atoms with Crippen LogP contribution in [-0.2, 0) is 14.3 Å². The number of carbonyl (C=O) groups excluding carboxylic acids is 2. The number of ether oxygens (including phenoxy) is 2. The molecule has 17 heavy (non-hydrogen) atoms. The molecule has 0 spiro atoms. The lowest BCUT2D eigenvalue weighted by Gasteiger charge is -2.27. The zero-order valence-corrected chi connectivity index (χ0v) is 10.5. The van der Waals surface area contributed by atoms with Crippen LogP contribution >= 0.6 is 0 Å². The summed E-state index contributed by atoms with van der Waals surface area (Å²) in [6.07, 6.45) is -1.96. The van der Waals surface area contributed by atoms with Gasteiger partial charge in [-0.3, -0.25) is 4.90 Å². The Balaban J connectivity index is 2.76. The molecule has 1 aliphatic rings. The fraction of sp³-hybridized carbons (Fsp3) is 0.818. The van der Waals surface area contributed by atoms with Crippen LogP contribution in [0.3, 0.4) is 0 Å². The Bertz CT molecular complexity index is 313. The van der Waals surface area contributed by atoms with Crippen molar-refractivity contribution in [3.05, 3.63) is 0 Å². The van der Waals surface area contributed by atoms with Crippen LogP contribution in [-0.4, -0.2) is 48.4 Å². The lowest BCUT2D eigenvalue weighted by molar-refractivity contribution is -0.147. The molecular formula is C11H18FNO4. The third-order valence-electron chi connectivity index (χ3n) is 2.39. The Hall–Kier alpha value is -1.33. The van der Waals surface area contributed by atoms with Crippen LogP contribution in [0.4, 0.5) is 9.18 Å². The second-order valence-corrected chi connectivity index (χ2v) is 4.95. The summed E-state index contributed by atoms with van der Waals surface area (Å²) in [6.45, 7) is 5.29. The van der Waals surface area contributed by atoms with Crippen LogP contribution in [0.1, 0.15) is 27.2 Å². The largest absolute Gasteiger partial charge is 0.467 e. The van der Waals surface area contributed by atoms with Crippen molar-refractivity contribution in [2.45, 2.75) is 45.0 Å². The minimum atomic E-state index is -1.39. The second kappa shape index (κ2) is 4.89. The van der Waals surface area contributed by atoms with Crippen molar-refractivity contribution in [1.29, 1.82) is 0 Å². The minimum Gasteiger partial charge on any atom is -0.467 e. The third-order valence-corrected chi connectivity index (χ3v) is 2.39. The predicted molar refractivity (Wildman–Crippen MR) is 58.3 cm³/mol. The highest BCUT2D eigenvalue weighted by Crippen LogP contribution is 2.24. The van der Waals surface area contributed by atoms with E-state index in [0.717, 1.165) is 4.90 Å². The average Bonchev–Trinajstić information content (AvgIpc) is 2.56. The summed E-state index contributed by atoms with van der Waals surface area (Å²) in [5.41, 5.74) is -0.674. The fourth-order valence-corrected chi connectivity index (χ4v) is 1.68. The topological polar surface area (TPSA) is 55.8 Å². The Morgan fingerprint density at radius 1 is 1.35 bits per heavy atom. The molecule has 0 aromatic rings. The van der Waals surface area contributed by atoms with Crippen LogP contribution < -0.4 is 0 Å². The Morgan fingerprint density at radius 3 is 2.41 bits per heavy atom. The maximum atomic E-state index is 13.5. The zero-order valence-electron chi connectivity index (χ0n) is 10.5. The van der Waals surface area contributed by atoms with Gasteiger partial charge in [-0.25, -0.2) is 14.0 Å². The number of rotatable bonds is 1. The van der Waals surface area contributed by atoms with Gasteiger partial charge < -0.3 is 9.47 Å². The first-order chi connectivity index (χ1) is 7.76. The van der Waals surface area contributed by atoms with Gasteiger partial charge in [0.25, 0.3) is 0 Å². The van der Waals surface area contributed by atoms with Gasteiger partial charge in [0.1, 0.15) is 11.8 Å². The molecule has 1 amide bonds. The molecule has 2 atom stereocenters. The minimum absolute atomic E-state index is 0.124. The van der Waals surface area contributed by atoms with E-state index in [2.05, 4.69) is 4.74 Å². The van der Waals surface area contributed by atoms with Crippen molar-refractivity contribution >= 4 is 12.1 Å². The summed E-state index contributed by atoms with van der Waals surface area (Å²) >= 11 is 0. The van der Waals surface area contributed by atoms with Crippen molar-refractivity contribution in [1.82, 2.24) is 4.90 Å². The number of alkyl halides is 1. The summed E-state index contributed by atoms with van der Waals surface area (Å²) in [5, 5.41) is 0. The molecule has 1 fully saturated rings. The molecule has 1 aliphatic heterocycles. The van der Waals surface area contributed by atoms with Gasteiger partial charge in [-0.2, -0.15) is 0 Å². The first-order valence-electron chi connectivity index (χ1n) is 5.48. The Kier molecular flexibility index (Phi) is 3.95. The number of hydrogen-bond donors (Lipinski definition) is 0. The van der Waals surface area contributed by atoms with Crippen LogP contribution in [0.15, 0.2) is 0 Å². The van der Waals surface area contributed by atoms with Crippen LogP contribution in [0, 0.1) is 0 Å². The van der Waals surface area contributed by atoms with E-state index in [1.54, 1.807) is 20.8 Å². The average molecular weight is 247 g/mol. The van der Waals surface area contributed by atoms with Gasteiger partial charge in [-0.05, 0) is 27.2 Å². The van der Waals surface area contributed by atoms with Gasteiger partial charge in [0.2, 0.25) is 0 Å². The van der Waals surface area contributed by atoms with Gasteiger partial charge in [0.15, 0.2) is 6.04 Å². The molecule has 1 rings (SSSR count). The zero-order chi connectivity index (χ0) is 13.2. The SMILES string of the molecule is COC(=O)C1[C@@H](F)CCN1C(=O)OC(C)(C)C. The summed E-state index contributed by atoms with van der Waals surface area (Å²) in [5.74, 6) is -0.749. The highest BCUT2D eigenvalue weighted by molar-refractivity contribution is 5.82. The molecule has 1 saturated heterocycles. The van der Waals surface area contributed by atoms with Crippen LogP contribution in [0.2, 0.25) is 0 Å². The fourth-order valence-electron chi connectivity index (χ4n) is 1.68. The first-order valence-corrected chi connectivity index (χ1v) is 5.48. The van der Waals surface area contributed by atoms with E-state index < -0.39 is 29.9 Å². The number of esters is 1. The quantitative estimate of drug-likeness (QED) is 0.659. The smallest absolute Gasteiger partial charge is 0.411 e. The summed E-state index contributed by atoms with van der Waals surface area (Å²) in [6, 6.07) is -1.19. The molecule has 0 N–H and O–H groups in total. The van der Waals surface area contributed by atoms with E-state index in [9.17, 15) is 14.0 Å². The first kappa shape index (κ1) is 13.7. The summed E-state index contributed by atoms with van der Waals surface area (Å²) in [4.78, 5) is 24.2. The van der Waals surface area contributed by atoms with Crippen LogP contribution in [0.5, 0.6) is 0 Å². The van der Waals surface area contributed by atoms with Crippen molar-refractivity contribution in [3.63, 3.8) is 0 Å². The molecule has 0 aliphatic carbocycles. The number of amides is 1. The monoisotopic (exact) mass is 247 g/mol. The predicted octanol–water partition coefficient (Wildman–Crippen LogP) is 1.51. The van der Waals surface area contributed by atoms with Gasteiger partial charge in [-0.15, -0.1) is 0 Å². The second-order valence-electron chi connectivity index (χ2n) is 4.95. The summed E-state index contributed by atoms with van der Waals surface area (Å²) in [7, 11) is 1.17. The van der Waals surface area contributed by atoms with Gasteiger partial charge in [0, 0.05) is 6.54 Å². The maximum Gasteiger partial charge on any atom is 0.411 e. The van der Waals surface area contributed by atoms with E-state index in [1.165, 1.54) is 7.11 Å². The summed E-state index contributed by atoms with van der Waals surface area (Å²) < 4.78 is 23.1. The highest BCUT2D eigenvalue weighted by Gasteiger charge is 2.44. The van der Waals surface area contributed by atoms with E-state index >= 15 is 0 Å². The lowest BCUT2D eigenvalue weighted by atomic mass is 10.2. The standard InChI is InChI=1S/C11H18FNO4/c1-11(2,3)17-10(15)13-6-5-7(12)8(13)9(14)16-4/h7-8H,5-6H2,1-4H3/t7-,8?/m0/s1. The van der Waals surface area contributed by atoms with E-state index in [0.29, 0.717) is 0 Å². The molecule has 0 aromatic heterocycles. The molecule has 0 radical (unpaired) electrons. The van der Waals surface area contributed by atoms with Crippen molar-refractivity contribution in [3.8, 4) is 0 Å². The number of carbonyl (C=O) groups is 2. The highest BCUT2D eigenvalue weighted by atomic mass is 19.1. The number of methoxy groups -OCH3 is 1. The normalized spacial score (nSPS) is 24.6. The number of halogens is 1. The Labute approximate surface area is 99.9 Å². The van der Waals surface area contributed by atoms with Crippen LogP contribution in [0.25, 0.3) is 0 Å². The molecule has 0 aromatic carbocycles. The van der Waals surface area contributed by atoms with E-state index in [-0.39, 0.29) is 13.0 Å². The number of likely N-dealkylation sites (tertiary alicyclic amines) is 1. The molecule has 1 unspecified atom stereocenters. The number of nitrogens with zero attached hydrogens (tertiary/aromatic N) is 1. The Morgan fingerprint density at radius 2 is 1.94 bits per heavy atom. The lowest BCUT2D eigenvalue weighted by Crippen LogP contribution is -2.46. The van der Waals surface area contributed by atoms with Gasteiger partial charge in [-0.1, -0.05) is 0 Å².